The highest BCUT2D eigenvalue weighted by atomic mass is 35.5. The average Bonchev–Trinajstić information content (AvgIpc) is 2.46. The van der Waals surface area contributed by atoms with Crippen LogP contribution in [0.5, 0.6) is 5.75 Å². The summed E-state index contributed by atoms with van der Waals surface area (Å²) in [6.07, 6.45) is -0.0113. The van der Waals surface area contributed by atoms with E-state index in [0.717, 1.165) is 16.9 Å². The largest absolute Gasteiger partial charge is 0.491 e. The molecule has 1 aromatic carbocycles. The van der Waals surface area contributed by atoms with Crippen molar-refractivity contribution in [3.63, 3.8) is 0 Å². The molecular formula is C17H27ClN2O3. The molecule has 1 saturated heterocycles. The molecule has 0 saturated carbocycles. The maximum absolute atomic E-state index is 12.3. The van der Waals surface area contributed by atoms with E-state index in [2.05, 4.69) is 10.6 Å². The SMILES string of the molecule is Cc1ccc(CNC(=O)[C@H]2NCCO[C@@H]2C)c(OC(C)C)c1.Cl. The van der Waals surface area contributed by atoms with E-state index in [1.165, 1.54) is 0 Å². The Morgan fingerprint density at radius 2 is 2.22 bits per heavy atom. The number of carbonyl (C=O) groups excluding carboxylic acids is 1. The van der Waals surface area contributed by atoms with Crippen molar-refractivity contribution >= 4 is 18.3 Å². The molecular weight excluding hydrogens is 316 g/mol. The molecule has 2 N–H and O–H groups in total. The molecule has 1 aliphatic heterocycles. The minimum atomic E-state index is -0.298. The second-order valence-electron chi connectivity index (χ2n) is 6.00. The van der Waals surface area contributed by atoms with Gasteiger partial charge in [0, 0.05) is 18.7 Å². The summed E-state index contributed by atoms with van der Waals surface area (Å²) in [5.41, 5.74) is 2.12. The predicted molar refractivity (Wildman–Crippen MR) is 93.2 cm³/mol. The lowest BCUT2D eigenvalue weighted by molar-refractivity contribution is -0.129. The minimum Gasteiger partial charge on any atom is -0.491 e. The molecule has 1 aliphatic rings. The van der Waals surface area contributed by atoms with Crippen molar-refractivity contribution in [3.8, 4) is 5.75 Å². The Balaban J connectivity index is 0.00000264. The van der Waals surface area contributed by atoms with Crippen LogP contribution in [0.4, 0.5) is 0 Å². The number of nitrogens with one attached hydrogen (secondary N) is 2. The van der Waals surface area contributed by atoms with E-state index in [9.17, 15) is 4.79 Å². The van der Waals surface area contributed by atoms with Crippen molar-refractivity contribution in [1.82, 2.24) is 10.6 Å². The Hall–Kier alpha value is -1.30. The molecule has 2 atom stereocenters. The first kappa shape index (κ1) is 19.7. The lowest BCUT2D eigenvalue weighted by Gasteiger charge is -2.29. The van der Waals surface area contributed by atoms with Crippen LogP contribution in [0.2, 0.25) is 0 Å². The summed E-state index contributed by atoms with van der Waals surface area (Å²) in [6, 6.07) is 5.74. The molecule has 0 spiro atoms. The summed E-state index contributed by atoms with van der Waals surface area (Å²) in [5, 5.41) is 6.16. The Kier molecular flexibility index (Phi) is 7.82. The van der Waals surface area contributed by atoms with Crippen LogP contribution in [0.25, 0.3) is 0 Å². The number of halogens is 1. The molecule has 1 amide bonds. The normalized spacial score (nSPS) is 20.7. The molecule has 1 fully saturated rings. The molecule has 5 nitrogen and oxygen atoms in total. The van der Waals surface area contributed by atoms with Gasteiger partial charge in [0.15, 0.2) is 0 Å². The van der Waals surface area contributed by atoms with Gasteiger partial charge in [-0.2, -0.15) is 0 Å². The van der Waals surface area contributed by atoms with E-state index in [1.807, 2.05) is 45.9 Å². The van der Waals surface area contributed by atoms with Gasteiger partial charge < -0.3 is 20.1 Å². The molecule has 2 rings (SSSR count). The number of hydrogen-bond acceptors (Lipinski definition) is 4. The first-order valence-corrected chi connectivity index (χ1v) is 7.86. The Morgan fingerprint density at radius 1 is 1.48 bits per heavy atom. The summed E-state index contributed by atoms with van der Waals surface area (Å²) >= 11 is 0. The number of rotatable bonds is 5. The summed E-state index contributed by atoms with van der Waals surface area (Å²) in [5.74, 6) is 0.791. The molecule has 0 bridgehead atoms. The predicted octanol–water partition coefficient (Wildman–Crippen LogP) is 2.20. The van der Waals surface area contributed by atoms with Gasteiger partial charge in [0.05, 0.1) is 18.8 Å². The quantitative estimate of drug-likeness (QED) is 0.861. The van der Waals surface area contributed by atoms with Gasteiger partial charge in [-0.25, -0.2) is 0 Å². The molecule has 130 valence electrons. The van der Waals surface area contributed by atoms with Crippen molar-refractivity contribution in [2.75, 3.05) is 13.2 Å². The molecule has 0 unspecified atom stereocenters. The van der Waals surface area contributed by atoms with E-state index in [0.29, 0.717) is 19.7 Å². The summed E-state index contributed by atoms with van der Waals surface area (Å²) in [7, 11) is 0. The Bertz CT molecular complexity index is 523. The molecule has 6 heteroatoms. The molecule has 23 heavy (non-hydrogen) atoms. The smallest absolute Gasteiger partial charge is 0.240 e. The van der Waals surface area contributed by atoms with Crippen molar-refractivity contribution in [2.24, 2.45) is 0 Å². The number of aryl methyl sites for hydroxylation is 1. The molecule has 1 heterocycles. The van der Waals surface area contributed by atoms with Crippen molar-refractivity contribution < 1.29 is 14.3 Å². The minimum absolute atomic E-state index is 0. The van der Waals surface area contributed by atoms with E-state index in [1.54, 1.807) is 0 Å². The van der Waals surface area contributed by atoms with Crippen LogP contribution in [-0.4, -0.2) is 37.3 Å². The Morgan fingerprint density at radius 3 is 2.87 bits per heavy atom. The van der Waals surface area contributed by atoms with Crippen LogP contribution in [0.1, 0.15) is 31.9 Å². The first-order chi connectivity index (χ1) is 10.5. The van der Waals surface area contributed by atoms with Crippen LogP contribution >= 0.6 is 12.4 Å². The number of carbonyl (C=O) groups is 1. The highest BCUT2D eigenvalue weighted by molar-refractivity contribution is 5.85. The average molecular weight is 343 g/mol. The summed E-state index contributed by atoms with van der Waals surface area (Å²) in [4.78, 5) is 12.3. The third-order valence-electron chi connectivity index (χ3n) is 3.64. The first-order valence-electron chi connectivity index (χ1n) is 7.86. The van der Waals surface area contributed by atoms with Crippen LogP contribution in [-0.2, 0) is 16.1 Å². The van der Waals surface area contributed by atoms with Crippen LogP contribution in [0.3, 0.4) is 0 Å². The van der Waals surface area contributed by atoms with E-state index in [4.69, 9.17) is 9.47 Å². The van der Waals surface area contributed by atoms with Gasteiger partial charge in [0.2, 0.25) is 5.91 Å². The standard InChI is InChI=1S/C17H26N2O3.ClH/c1-11(2)22-15-9-12(3)5-6-14(15)10-19-17(20)16-13(4)21-8-7-18-16;/h5-6,9,11,13,16,18H,7-8,10H2,1-4H3,(H,19,20);1H/t13-,16+;/m1./s1. The lowest BCUT2D eigenvalue weighted by atomic mass is 10.1. The van der Waals surface area contributed by atoms with Gasteiger partial charge in [-0.3, -0.25) is 4.79 Å². The molecule has 0 aromatic heterocycles. The fourth-order valence-electron chi connectivity index (χ4n) is 2.49. The van der Waals surface area contributed by atoms with Crippen molar-refractivity contribution in [3.05, 3.63) is 29.3 Å². The van der Waals surface area contributed by atoms with Gasteiger partial charge in [-0.05, 0) is 39.3 Å². The third kappa shape index (κ3) is 5.68. The number of benzene rings is 1. The van der Waals surface area contributed by atoms with Crippen LogP contribution in [0.15, 0.2) is 18.2 Å². The fourth-order valence-corrected chi connectivity index (χ4v) is 2.49. The second-order valence-corrected chi connectivity index (χ2v) is 6.00. The van der Waals surface area contributed by atoms with Crippen LogP contribution in [0, 0.1) is 6.92 Å². The number of amides is 1. The van der Waals surface area contributed by atoms with Gasteiger partial charge in [-0.15, -0.1) is 12.4 Å². The van der Waals surface area contributed by atoms with Crippen molar-refractivity contribution in [1.29, 1.82) is 0 Å². The summed E-state index contributed by atoms with van der Waals surface area (Å²) in [6.45, 7) is 9.73. The molecule has 0 aliphatic carbocycles. The number of morpholine rings is 1. The zero-order valence-electron chi connectivity index (χ0n) is 14.2. The monoisotopic (exact) mass is 342 g/mol. The Labute approximate surface area is 144 Å². The maximum atomic E-state index is 12.3. The van der Waals surface area contributed by atoms with Gasteiger partial charge in [0.1, 0.15) is 11.8 Å². The fraction of sp³-hybridized carbons (Fsp3) is 0.588. The molecule has 0 radical (unpaired) electrons. The zero-order valence-corrected chi connectivity index (χ0v) is 15.0. The van der Waals surface area contributed by atoms with Crippen LogP contribution < -0.4 is 15.4 Å². The highest BCUT2D eigenvalue weighted by Gasteiger charge is 2.28. The van der Waals surface area contributed by atoms with Gasteiger partial charge in [-0.1, -0.05) is 12.1 Å². The number of hydrogen-bond donors (Lipinski definition) is 2. The third-order valence-corrected chi connectivity index (χ3v) is 3.64. The lowest BCUT2D eigenvalue weighted by Crippen LogP contribution is -2.55. The zero-order chi connectivity index (χ0) is 16.1. The highest BCUT2D eigenvalue weighted by Crippen LogP contribution is 2.21. The maximum Gasteiger partial charge on any atom is 0.240 e. The number of ether oxygens (including phenoxy) is 2. The van der Waals surface area contributed by atoms with E-state index in [-0.39, 0.29) is 36.6 Å². The van der Waals surface area contributed by atoms with Gasteiger partial charge >= 0.3 is 0 Å². The molecule has 1 aromatic rings. The summed E-state index contributed by atoms with van der Waals surface area (Å²) < 4.78 is 11.3. The van der Waals surface area contributed by atoms with E-state index < -0.39 is 0 Å². The van der Waals surface area contributed by atoms with Crippen molar-refractivity contribution in [2.45, 2.75) is 52.5 Å². The second kappa shape index (κ2) is 9.11. The topological polar surface area (TPSA) is 59.6 Å². The van der Waals surface area contributed by atoms with E-state index >= 15 is 0 Å². The van der Waals surface area contributed by atoms with Gasteiger partial charge in [0.25, 0.3) is 0 Å².